The Balaban J connectivity index is 2.74. The maximum absolute atomic E-state index is 5.19. The van der Waals surface area contributed by atoms with E-state index in [0.29, 0.717) is 10.3 Å². The van der Waals surface area contributed by atoms with E-state index in [2.05, 4.69) is 65.6 Å². The molecule has 0 aliphatic heterocycles. The minimum Gasteiger partial charge on any atom is -0.497 e. The van der Waals surface area contributed by atoms with Crippen molar-refractivity contribution in [2.45, 2.75) is 58.3 Å². The summed E-state index contributed by atoms with van der Waals surface area (Å²) in [7, 11) is 1.55. The Morgan fingerprint density at radius 1 is 0.950 bits per heavy atom. The third kappa shape index (κ3) is 5.29. The zero-order valence-corrected chi connectivity index (χ0v) is 14.9. The van der Waals surface area contributed by atoms with E-state index in [1.54, 1.807) is 7.11 Å². The molecule has 0 aliphatic rings. The first kappa shape index (κ1) is 17.2. The molecular formula is C18H29OP. The van der Waals surface area contributed by atoms with Gasteiger partial charge in [0.15, 0.2) is 0 Å². The van der Waals surface area contributed by atoms with Crippen molar-refractivity contribution >= 4 is 7.92 Å². The van der Waals surface area contributed by atoms with E-state index in [9.17, 15) is 0 Å². The molecule has 0 bridgehead atoms. The summed E-state index contributed by atoms with van der Waals surface area (Å²) in [4.78, 5) is 0. The van der Waals surface area contributed by atoms with Gasteiger partial charge in [-0.25, -0.2) is 0 Å². The monoisotopic (exact) mass is 292 g/mol. The summed E-state index contributed by atoms with van der Waals surface area (Å²) >= 11 is 0. The molecule has 0 atom stereocenters. The Kier molecular flexibility index (Phi) is 5.83. The molecular weight excluding hydrogens is 263 g/mol. The summed E-state index contributed by atoms with van der Waals surface area (Å²) in [5, 5.41) is 0.702. The lowest BCUT2D eigenvalue weighted by molar-refractivity contribution is 0.414. The highest BCUT2D eigenvalue weighted by molar-refractivity contribution is 7.63. The minimum absolute atomic E-state index is 0.154. The molecule has 1 rings (SSSR count). The Bertz CT molecular complexity index is 418. The average molecular weight is 292 g/mol. The van der Waals surface area contributed by atoms with E-state index >= 15 is 0 Å². The zero-order chi connectivity index (χ0) is 15.4. The summed E-state index contributed by atoms with van der Waals surface area (Å²) in [6.07, 6.45) is 3.33. The second-order valence-corrected chi connectivity index (χ2v) is 10.9. The fraction of sp³-hybridized carbons (Fsp3) is 0.556. The predicted molar refractivity (Wildman–Crippen MR) is 92.3 cm³/mol. The Labute approximate surface area is 126 Å². The zero-order valence-electron chi connectivity index (χ0n) is 14.0. The van der Waals surface area contributed by atoms with Gasteiger partial charge < -0.3 is 4.74 Å². The molecule has 0 fully saturated rings. The quantitative estimate of drug-likeness (QED) is 0.634. The number of ether oxygens (including phenoxy) is 1. The van der Waals surface area contributed by atoms with E-state index in [-0.39, 0.29) is 7.92 Å². The van der Waals surface area contributed by atoms with Gasteiger partial charge in [0.05, 0.1) is 7.11 Å². The van der Waals surface area contributed by atoms with E-state index in [0.717, 1.165) is 12.2 Å². The van der Waals surface area contributed by atoms with Gasteiger partial charge >= 0.3 is 0 Å². The maximum Gasteiger partial charge on any atom is 0.118 e. The van der Waals surface area contributed by atoms with E-state index < -0.39 is 0 Å². The number of allylic oxidation sites excluding steroid dienone is 1. The molecule has 0 saturated heterocycles. The molecule has 0 aliphatic carbocycles. The number of hydrogen-bond donors (Lipinski definition) is 0. The number of hydrogen-bond acceptors (Lipinski definition) is 1. The fourth-order valence-electron chi connectivity index (χ4n) is 2.51. The van der Waals surface area contributed by atoms with Crippen molar-refractivity contribution in [3.8, 4) is 5.75 Å². The first-order valence-electron chi connectivity index (χ1n) is 7.23. The van der Waals surface area contributed by atoms with Crippen LogP contribution in [0, 0.1) is 0 Å². The molecule has 0 spiro atoms. The second kappa shape index (κ2) is 6.76. The molecule has 2 heteroatoms. The molecule has 0 heterocycles. The lowest BCUT2D eigenvalue weighted by atomic mass is 10.1. The SMILES string of the molecule is COc1ccc(CC=CP(C(C)(C)C)C(C)(C)C)cc1. The smallest absolute Gasteiger partial charge is 0.118 e. The first-order valence-corrected chi connectivity index (χ1v) is 8.65. The molecule has 0 aromatic heterocycles. The van der Waals surface area contributed by atoms with Gasteiger partial charge in [0.2, 0.25) is 0 Å². The van der Waals surface area contributed by atoms with Gasteiger partial charge in [-0.1, -0.05) is 73.5 Å². The summed E-state index contributed by atoms with van der Waals surface area (Å²) in [5.74, 6) is 3.38. The van der Waals surface area contributed by atoms with Gasteiger partial charge in [0, 0.05) is 0 Å². The van der Waals surface area contributed by atoms with Gasteiger partial charge in [-0.05, 0) is 34.4 Å². The summed E-state index contributed by atoms with van der Waals surface area (Å²) in [6, 6.07) is 8.33. The van der Waals surface area contributed by atoms with Crippen LogP contribution >= 0.6 is 7.92 Å². The lowest BCUT2D eigenvalue weighted by Crippen LogP contribution is -2.23. The highest BCUT2D eigenvalue weighted by Gasteiger charge is 2.31. The molecule has 1 nitrogen and oxygen atoms in total. The Morgan fingerprint density at radius 2 is 1.45 bits per heavy atom. The van der Waals surface area contributed by atoms with Crippen molar-refractivity contribution in [2.75, 3.05) is 7.11 Å². The third-order valence-corrected chi connectivity index (χ3v) is 6.61. The van der Waals surface area contributed by atoms with Crippen LogP contribution in [0.1, 0.15) is 47.1 Å². The number of benzene rings is 1. The molecule has 1 aromatic carbocycles. The standard InChI is InChI=1S/C18H29OP/c1-17(2,3)20(18(4,5)6)14-8-9-15-10-12-16(19-7)13-11-15/h8,10-14H,9H2,1-7H3. The van der Waals surface area contributed by atoms with Crippen LogP contribution in [0.15, 0.2) is 36.2 Å². The van der Waals surface area contributed by atoms with Crippen LogP contribution in [0.25, 0.3) is 0 Å². The molecule has 1 aromatic rings. The first-order chi connectivity index (χ1) is 9.14. The van der Waals surface area contributed by atoms with Gasteiger partial charge in [0.1, 0.15) is 5.75 Å². The normalized spacial score (nSPS) is 13.2. The predicted octanol–water partition coefficient (Wildman–Crippen LogP) is 5.83. The van der Waals surface area contributed by atoms with Crippen molar-refractivity contribution in [1.29, 1.82) is 0 Å². The molecule has 112 valence electrons. The van der Waals surface area contributed by atoms with Crippen LogP contribution in [0.3, 0.4) is 0 Å². The maximum atomic E-state index is 5.19. The van der Waals surface area contributed by atoms with Crippen LogP contribution in [-0.2, 0) is 6.42 Å². The summed E-state index contributed by atoms with van der Waals surface area (Å²) in [5.41, 5.74) is 1.33. The Morgan fingerprint density at radius 3 is 1.85 bits per heavy atom. The van der Waals surface area contributed by atoms with Crippen LogP contribution in [-0.4, -0.2) is 17.4 Å². The lowest BCUT2D eigenvalue weighted by Gasteiger charge is -2.39. The number of rotatable bonds is 4. The van der Waals surface area contributed by atoms with Crippen LogP contribution in [0.4, 0.5) is 0 Å². The third-order valence-electron chi connectivity index (χ3n) is 3.21. The second-order valence-electron chi connectivity index (χ2n) is 7.15. The molecule has 0 N–H and O–H groups in total. The molecule has 0 unspecified atom stereocenters. The topological polar surface area (TPSA) is 9.23 Å². The fourth-order valence-corrected chi connectivity index (χ4v) is 5.73. The summed E-state index contributed by atoms with van der Waals surface area (Å²) < 4.78 is 5.19. The van der Waals surface area contributed by atoms with Crippen molar-refractivity contribution < 1.29 is 4.74 Å². The van der Waals surface area contributed by atoms with Gasteiger partial charge in [0.25, 0.3) is 0 Å². The molecule has 20 heavy (non-hydrogen) atoms. The van der Waals surface area contributed by atoms with E-state index in [4.69, 9.17) is 4.74 Å². The van der Waals surface area contributed by atoms with Crippen LogP contribution < -0.4 is 4.74 Å². The highest BCUT2D eigenvalue weighted by atomic mass is 31.1. The van der Waals surface area contributed by atoms with Crippen molar-refractivity contribution in [2.24, 2.45) is 0 Å². The van der Waals surface area contributed by atoms with Gasteiger partial charge in [-0.2, -0.15) is 0 Å². The highest BCUT2D eigenvalue weighted by Crippen LogP contribution is 2.60. The van der Waals surface area contributed by atoms with E-state index in [1.165, 1.54) is 5.56 Å². The largest absolute Gasteiger partial charge is 0.497 e. The van der Waals surface area contributed by atoms with E-state index in [1.807, 2.05) is 12.1 Å². The molecule has 0 radical (unpaired) electrons. The Hall–Kier alpha value is -0.810. The van der Waals surface area contributed by atoms with Crippen LogP contribution in [0.5, 0.6) is 5.75 Å². The van der Waals surface area contributed by atoms with Gasteiger partial charge in [-0.15, -0.1) is 0 Å². The molecule has 0 amide bonds. The van der Waals surface area contributed by atoms with Crippen molar-refractivity contribution in [3.63, 3.8) is 0 Å². The van der Waals surface area contributed by atoms with Crippen molar-refractivity contribution in [3.05, 3.63) is 41.7 Å². The molecule has 0 saturated carbocycles. The van der Waals surface area contributed by atoms with Gasteiger partial charge in [-0.3, -0.25) is 0 Å². The summed E-state index contributed by atoms with van der Waals surface area (Å²) in [6.45, 7) is 14.1. The minimum atomic E-state index is -0.154. The van der Waals surface area contributed by atoms with Crippen molar-refractivity contribution in [1.82, 2.24) is 0 Å². The number of methoxy groups -OCH3 is 1. The average Bonchev–Trinajstić information content (AvgIpc) is 2.32. The van der Waals surface area contributed by atoms with Crippen LogP contribution in [0.2, 0.25) is 0 Å².